The molecular formula is C19H16N4OS2. The van der Waals surface area contributed by atoms with E-state index in [1.54, 1.807) is 29.4 Å². The highest BCUT2D eigenvalue weighted by Gasteiger charge is 2.16. The van der Waals surface area contributed by atoms with E-state index in [-0.39, 0.29) is 0 Å². The van der Waals surface area contributed by atoms with Crippen molar-refractivity contribution in [1.29, 1.82) is 0 Å². The molecule has 0 fully saturated rings. The molecule has 0 spiro atoms. The van der Waals surface area contributed by atoms with Crippen LogP contribution in [0.2, 0.25) is 0 Å². The van der Waals surface area contributed by atoms with Crippen molar-refractivity contribution < 1.29 is 4.42 Å². The molecule has 0 radical (unpaired) electrons. The van der Waals surface area contributed by atoms with Crippen LogP contribution in [-0.2, 0) is 12.3 Å². The van der Waals surface area contributed by atoms with Crippen molar-refractivity contribution in [2.24, 2.45) is 0 Å². The molecule has 0 saturated heterocycles. The lowest BCUT2D eigenvalue weighted by Gasteiger charge is -2.05. The predicted molar refractivity (Wildman–Crippen MR) is 105 cm³/mol. The Hall–Kier alpha value is -2.64. The Morgan fingerprint density at radius 2 is 2.04 bits per heavy atom. The summed E-state index contributed by atoms with van der Waals surface area (Å²) in [7, 11) is 0. The highest BCUT2D eigenvalue weighted by molar-refractivity contribution is 7.98. The van der Waals surface area contributed by atoms with Crippen LogP contribution in [-0.4, -0.2) is 19.7 Å². The zero-order valence-corrected chi connectivity index (χ0v) is 15.5. The van der Waals surface area contributed by atoms with Crippen molar-refractivity contribution in [3.63, 3.8) is 0 Å². The van der Waals surface area contributed by atoms with Crippen LogP contribution in [0.1, 0.15) is 5.69 Å². The minimum absolute atomic E-state index is 0.623. The van der Waals surface area contributed by atoms with Gasteiger partial charge in [-0.1, -0.05) is 48.2 Å². The maximum atomic E-state index is 5.46. The molecule has 0 saturated carbocycles. The number of aromatic nitrogens is 4. The summed E-state index contributed by atoms with van der Waals surface area (Å²) in [6.45, 7) is 4.45. The number of thioether (sulfide) groups is 1. The molecular weight excluding hydrogens is 364 g/mol. The Bertz CT molecular complexity index is 990. The number of rotatable bonds is 7. The summed E-state index contributed by atoms with van der Waals surface area (Å²) >= 11 is 3.27. The third-order valence-corrected chi connectivity index (χ3v) is 5.63. The average Bonchev–Trinajstić information content (AvgIpc) is 3.42. The number of hydrogen-bond donors (Lipinski definition) is 0. The van der Waals surface area contributed by atoms with Gasteiger partial charge in [0, 0.05) is 23.2 Å². The van der Waals surface area contributed by atoms with Gasteiger partial charge in [-0.3, -0.25) is 4.57 Å². The first-order valence-electron chi connectivity index (χ1n) is 8.06. The maximum Gasteiger partial charge on any atom is 0.200 e. The fourth-order valence-corrected chi connectivity index (χ4v) is 4.27. The third-order valence-electron chi connectivity index (χ3n) is 3.69. The average molecular weight is 380 g/mol. The summed E-state index contributed by atoms with van der Waals surface area (Å²) < 4.78 is 7.46. The lowest BCUT2D eigenvalue weighted by atomic mass is 10.2. The second kappa shape index (κ2) is 7.72. The van der Waals surface area contributed by atoms with E-state index in [0.29, 0.717) is 18.1 Å². The Morgan fingerprint density at radius 1 is 1.15 bits per heavy atom. The first-order valence-corrected chi connectivity index (χ1v) is 9.92. The Balaban J connectivity index is 1.52. The first kappa shape index (κ1) is 16.8. The van der Waals surface area contributed by atoms with Crippen LogP contribution in [0, 0.1) is 0 Å². The van der Waals surface area contributed by atoms with Gasteiger partial charge in [0.25, 0.3) is 0 Å². The maximum absolute atomic E-state index is 5.46. The van der Waals surface area contributed by atoms with Crippen molar-refractivity contribution in [2.45, 2.75) is 17.5 Å². The Labute approximate surface area is 159 Å². The highest BCUT2D eigenvalue weighted by atomic mass is 32.2. The van der Waals surface area contributed by atoms with E-state index in [9.17, 15) is 0 Å². The second-order valence-corrected chi connectivity index (χ2v) is 7.28. The van der Waals surface area contributed by atoms with Gasteiger partial charge in [0.2, 0.25) is 5.82 Å². The van der Waals surface area contributed by atoms with E-state index < -0.39 is 0 Å². The molecule has 4 rings (SSSR count). The topological polar surface area (TPSA) is 56.7 Å². The van der Waals surface area contributed by atoms with E-state index in [4.69, 9.17) is 9.40 Å². The van der Waals surface area contributed by atoms with Gasteiger partial charge in [-0.05, 0) is 12.1 Å². The molecule has 7 heteroatoms. The van der Waals surface area contributed by atoms with Crippen LogP contribution in [0.3, 0.4) is 0 Å². The molecule has 0 atom stereocenters. The molecule has 0 unspecified atom stereocenters. The van der Waals surface area contributed by atoms with Gasteiger partial charge in [-0.25, -0.2) is 4.98 Å². The van der Waals surface area contributed by atoms with Crippen molar-refractivity contribution in [1.82, 2.24) is 19.7 Å². The molecule has 3 heterocycles. The van der Waals surface area contributed by atoms with Crippen molar-refractivity contribution in [2.75, 3.05) is 0 Å². The quantitative estimate of drug-likeness (QED) is 0.328. The van der Waals surface area contributed by atoms with Gasteiger partial charge < -0.3 is 4.42 Å². The monoisotopic (exact) mass is 380 g/mol. The van der Waals surface area contributed by atoms with Gasteiger partial charge >= 0.3 is 0 Å². The SMILES string of the molecule is C=CCn1c(SCc2csc(-c3ccccc3)n2)nnc1-c1ccco1. The summed E-state index contributed by atoms with van der Waals surface area (Å²) in [6, 6.07) is 13.9. The molecule has 0 aliphatic rings. The molecule has 0 aliphatic carbocycles. The number of furan rings is 1. The molecule has 3 aromatic heterocycles. The van der Waals surface area contributed by atoms with Crippen LogP contribution in [0.4, 0.5) is 0 Å². The van der Waals surface area contributed by atoms with Gasteiger partial charge in [0.1, 0.15) is 5.01 Å². The summed E-state index contributed by atoms with van der Waals surface area (Å²) in [4.78, 5) is 4.73. The van der Waals surface area contributed by atoms with E-state index in [0.717, 1.165) is 27.2 Å². The fourth-order valence-electron chi connectivity index (χ4n) is 2.50. The normalized spacial score (nSPS) is 10.9. The lowest BCUT2D eigenvalue weighted by Crippen LogP contribution is -2.00. The minimum atomic E-state index is 0.623. The van der Waals surface area contributed by atoms with Gasteiger partial charge in [0.15, 0.2) is 10.9 Å². The number of thiazole rings is 1. The zero-order valence-electron chi connectivity index (χ0n) is 13.9. The number of hydrogen-bond acceptors (Lipinski definition) is 6. The molecule has 130 valence electrons. The van der Waals surface area contributed by atoms with Crippen LogP contribution >= 0.6 is 23.1 Å². The zero-order chi connectivity index (χ0) is 17.8. The largest absolute Gasteiger partial charge is 0.461 e. The second-order valence-electron chi connectivity index (χ2n) is 5.48. The smallest absolute Gasteiger partial charge is 0.200 e. The van der Waals surface area contributed by atoms with Crippen molar-refractivity contribution in [3.8, 4) is 22.2 Å². The highest BCUT2D eigenvalue weighted by Crippen LogP contribution is 2.29. The van der Waals surface area contributed by atoms with Crippen LogP contribution in [0.15, 0.2) is 76.3 Å². The summed E-state index contributed by atoms with van der Waals surface area (Å²) in [5.41, 5.74) is 2.18. The molecule has 1 aromatic carbocycles. The number of benzene rings is 1. The lowest BCUT2D eigenvalue weighted by molar-refractivity contribution is 0.569. The van der Waals surface area contributed by atoms with Gasteiger partial charge in [-0.2, -0.15) is 0 Å². The summed E-state index contributed by atoms with van der Waals surface area (Å²) in [5.74, 6) is 2.14. The minimum Gasteiger partial charge on any atom is -0.461 e. The van der Waals surface area contributed by atoms with Crippen molar-refractivity contribution >= 4 is 23.1 Å². The molecule has 0 N–H and O–H groups in total. The standard InChI is InChI=1S/C19H16N4OS2/c1-2-10-23-17(16-9-6-11-24-16)21-22-19(23)26-13-15-12-25-18(20-15)14-7-4-3-5-8-14/h2-9,11-12H,1,10,13H2. The predicted octanol–water partition coefficient (Wildman–Crippen LogP) is 5.14. The molecule has 0 amide bonds. The number of nitrogens with zero attached hydrogens (tertiary/aromatic N) is 4. The van der Waals surface area contributed by atoms with Crippen LogP contribution < -0.4 is 0 Å². The molecule has 4 aromatic rings. The summed E-state index contributed by atoms with van der Waals surface area (Å²) in [6.07, 6.45) is 3.46. The first-order chi connectivity index (χ1) is 12.8. The Kier molecular flexibility index (Phi) is 4.99. The number of allylic oxidation sites excluding steroid dienone is 1. The van der Waals surface area contributed by atoms with Crippen LogP contribution in [0.25, 0.3) is 22.2 Å². The summed E-state index contributed by atoms with van der Waals surface area (Å²) in [5, 5.41) is 12.5. The van der Waals surface area contributed by atoms with E-state index >= 15 is 0 Å². The fraction of sp³-hybridized carbons (Fsp3) is 0.105. The van der Waals surface area contributed by atoms with E-state index in [2.05, 4.69) is 34.3 Å². The Morgan fingerprint density at radius 3 is 2.81 bits per heavy atom. The molecule has 0 aliphatic heterocycles. The molecule has 5 nitrogen and oxygen atoms in total. The van der Waals surface area contributed by atoms with E-state index in [1.807, 2.05) is 41.0 Å². The third kappa shape index (κ3) is 3.49. The molecule has 26 heavy (non-hydrogen) atoms. The van der Waals surface area contributed by atoms with Crippen molar-refractivity contribution in [3.05, 3.63) is 72.5 Å². The molecule has 0 bridgehead atoms. The van der Waals surface area contributed by atoms with Gasteiger partial charge in [0.05, 0.1) is 12.0 Å². The van der Waals surface area contributed by atoms with Gasteiger partial charge in [-0.15, -0.1) is 28.1 Å². The van der Waals surface area contributed by atoms with E-state index in [1.165, 1.54) is 0 Å². The van der Waals surface area contributed by atoms with Crippen LogP contribution in [0.5, 0.6) is 0 Å².